The number of thiazole rings is 1. The summed E-state index contributed by atoms with van der Waals surface area (Å²) in [4.78, 5) is 32.7. The number of carbonyl (C=O) groups is 2. The number of hydrogen-bond donors (Lipinski definition) is 2. The molecule has 166 valence electrons. The Bertz CT molecular complexity index is 1260. The lowest BCUT2D eigenvalue weighted by Crippen LogP contribution is -2.25. The first-order valence-electron chi connectivity index (χ1n) is 10.4. The average molecular weight is 459 g/mol. The summed E-state index contributed by atoms with van der Waals surface area (Å²) in [6, 6.07) is 20.7. The summed E-state index contributed by atoms with van der Waals surface area (Å²) >= 11 is 1.45. The molecule has 2 N–H and O–H groups in total. The van der Waals surface area contributed by atoms with Crippen molar-refractivity contribution in [3.63, 3.8) is 0 Å². The molecule has 33 heavy (non-hydrogen) atoms. The van der Waals surface area contributed by atoms with Crippen LogP contribution in [0.2, 0.25) is 0 Å². The van der Waals surface area contributed by atoms with E-state index < -0.39 is 0 Å². The van der Waals surface area contributed by atoms with Gasteiger partial charge in [0.05, 0.1) is 0 Å². The molecule has 0 aliphatic rings. The second-order valence-corrected chi connectivity index (χ2v) is 7.97. The van der Waals surface area contributed by atoms with Crippen LogP contribution in [0.15, 0.2) is 78.3 Å². The Hall–Kier alpha value is -4.04. The first kappa shape index (κ1) is 22.2. The standard InChI is InChI=1S/C25H22N4O3S/c1-26-23(30)21-15-20(11-13-27-21)32-19-9-5-6-17(14-19)10-12-28-24(31)22-16-33-25(29-22)18-7-3-2-4-8-18/h2-9,11,13-16H,10,12H2,1H3,(H,26,30)(H,28,31). The molecule has 0 unspecified atom stereocenters. The molecule has 0 saturated heterocycles. The second-order valence-electron chi connectivity index (χ2n) is 7.12. The van der Waals surface area contributed by atoms with E-state index in [9.17, 15) is 9.59 Å². The van der Waals surface area contributed by atoms with E-state index in [0.29, 0.717) is 30.2 Å². The van der Waals surface area contributed by atoms with Crippen LogP contribution in [0.3, 0.4) is 0 Å². The van der Waals surface area contributed by atoms with Crippen molar-refractivity contribution in [3.8, 4) is 22.1 Å². The van der Waals surface area contributed by atoms with E-state index in [1.54, 1.807) is 24.6 Å². The van der Waals surface area contributed by atoms with Gasteiger partial charge in [-0.2, -0.15) is 0 Å². The smallest absolute Gasteiger partial charge is 0.270 e. The molecule has 2 amide bonds. The third kappa shape index (κ3) is 5.81. The van der Waals surface area contributed by atoms with Crippen LogP contribution in [0.4, 0.5) is 0 Å². The Morgan fingerprint density at radius 3 is 2.58 bits per heavy atom. The van der Waals surface area contributed by atoms with Gasteiger partial charge >= 0.3 is 0 Å². The maximum Gasteiger partial charge on any atom is 0.270 e. The Morgan fingerprint density at radius 2 is 1.76 bits per heavy atom. The highest BCUT2D eigenvalue weighted by Crippen LogP contribution is 2.24. The molecule has 7 nitrogen and oxygen atoms in total. The maximum atomic E-state index is 12.5. The molecular weight excluding hydrogens is 436 g/mol. The lowest BCUT2D eigenvalue weighted by atomic mass is 10.1. The topological polar surface area (TPSA) is 93.2 Å². The highest BCUT2D eigenvalue weighted by atomic mass is 32.1. The Kier molecular flexibility index (Phi) is 7.06. The van der Waals surface area contributed by atoms with Crippen LogP contribution in [-0.2, 0) is 6.42 Å². The number of hydrogen-bond acceptors (Lipinski definition) is 6. The Morgan fingerprint density at radius 1 is 0.939 bits per heavy atom. The molecule has 0 saturated carbocycles. The zero-order valence-corrected chi connectivity index (χ0v) is 18.8. The predicted molar refractivity (Wildman–Crippen MR) is 128 cm³/mol. The quantitative estimate of drug-likeness (QED) is 0.410. The maximum absolute atomic E-state index is 12.5. The van der Waals surface area contributed by atoms with Gasteiger partial charge in [0, 0.05) is 36.8 Å². The molecule has 0 aliphatic carbocycles. The first-order chi connectivity index (χ1) is 16.1. The van der Waals surface area contributed by atoms with Crippen molar-refractivity contribution in [3.05, 3.63) is 95.3 Å². The summed E-state index contributed by atoms with van der Waals surface area (Å²) in [6.07, 6.45) is 2.17. The fourth-order valence-electron chi connectivity index (χ4n) is 3.13. The van der Waals surface area contributed by atoms with Crippen LogP contribution in [-0.4, -0.2) is 35.4 Å². The van der Waals surface area contributed by atoms with Crippen LogP contribution in [0, 0.1) is 0 Å². The zero-order valence-electron chi connectivity index (χ0n) is 17.9. The van der Waals surface area contributed by atoms with E-state index in [-0.39, 0.29) is 17.5 Å². The molecule has 4 rings (SSSR count). The van der Waals surface area contributed by atoms with Crippen LogP contribution in [0.1, 0.15) is 26.5 Å². The van der Waals surface area contributed by atoms with Crippen molar-refractivity contribution in [2.24, 2.45) is 0 Å². The average Bonchev–Trinajstić information content (AvgIpc) is 3.35. The molecule has 0 aliphatic heterocycles. The number of amides is 2. The number of nitrogens with zero attached hydrogens (tertiary/aromatic N) is 2. The molecule has 4 aromatic rings. The van der Waals surface area contributed by atoms with Crippen LogP contribution >= 0.6 is 11.3 Å². The van der Waals surface area contributed by atoms with Crippen LogP contribution in [0.5, 0.6) is 11.5 Å². The molecule has 0 bridgehead atoms. The number of carbonyl (C=O) groups excluding carboxylic acids is 2. The SMILES string of the molecule is CNC(=O)c1cc(Oc2cccc(CCNC(=O)c3csc(-c4ccccc4)n3)c2)ccn1. The minimum absolute atomic E-state index is 0.195. The van der Waals surface area contributed by atoms with Gasteiger partial charge < -0.3 is 15.4 Å². The van der Waals surface area contributed by atoms with Crippen molar-refractivity contribution in [2.45, 2.75) is 6.42 Å². The lowest BCUT2D eigenvalue weighted by molar-refractivity contribution is 0.0945. The number of pyridine rings is 1. The minimum atomic E-state index is -0.277. The molecule has 0 spiro atoms. The van der Waals surface area contributed by atoms with E-state index in [2.05, 4.69) is 20.6 Å². The summed E-state index contributed by atoms with van der Waals surface area (Å²) < 4.78 is 5.88. The number of nitrogens with one attached hydrogen (secondary N) is 2. The molecule has 0 radical (unpaired) electrons. The van der Waals surface area contributed by atoms with E-state index in [0.717, 1.165) is 16.1 Å². The van der Waals surface area contributed by atoms with E-state index in [1.807, 2.05) is 54.6 Å². The van der Waals surface area contributed by atoms with Crippen molar-refractivity contribution in [2.75, 3.05) is 13.6 Å². The summed E-state index contributed by atoms with van der Waals surface area (Å²) in [5, 5.41) is 8.05. The molecular formula is C25H22N4O3S. The first-order valence-corrected chi connectivity index (χ1v) is 11.2. The third-order valence-corrected chi connectivity index (χ3v) is 5.67. The van der Waals surface area contributed by atoms with E-state index in [4.69, 9.17) is 4.74 Å². The van der Waals surface area contributed by atoms with Crippen LogP contribution < -0.4 is 15.4 Å². The molecule has 8 heteroatoms. The molecule has 0 atom stereocenters. The highest BCUT2D eigenvalue weighted by molar-refractivity contribution is 7.13. The fourth-order valence-corrected chi connectivity index (χ4v) is 3.94. The van der Waals surface area contributed by atoms with Gasteiger partial charge in [-0.3, -0.25) is 14.6 Å². The monoisotopic (exact) mass is 458 g/mol. The van der Waals surface area contributed by atoms with Crippen molar-refractivity contribution >= 4 is 23.2 Å². The van der Waals surface area contributed by atoms with Gasteiger partial charge in [0.15, 0.2) is 0 Å². The lowest BCUT2D eigenvalue weighted by Gasteiger charge is -2.09. The number of aromatic nitrogens is 2. The van der Waals surface area contributed by atoms with Gasteiger partial charge in [-0.1, -0.05) is 42.5 Å². The van der Waals surface area contributed by atoms with Crippen molar-refractivity contribution in [1.82, 2.24) is 20.6 Å². The predicted octanol–water partition coefficient (Wildman–Crippen LogP) is 4.33. The summed E-state index contributed by atoms with van der Waals surface area (Å²) in [7, 11) is 1.55. The van der Waals surface area contributed by atoms with Gasteiger partial charge in [-0.25, -0.2) is 4.98 Å². The van der Waals surface area contributed by atoms with Gasteiger partial charge in [0.25, 0.3) is 11.8 Å². The zero-order chi connectivity index (χ0) is 23.0. The van der Waals surface area contributed by atoms with Gasteiger partial charge in [0.1, 0.15) is 27.9 Å². The number of benzene rings is 2. The van der Waals surface area contributed by atoms with Crippen molar-refractivity contribution < 1.29 is 14.3 Å². The number of rotatable bonds is 8. The third-order valence-electron chi connectivity index (χ3n) is 4.78. The normalized spacial score (nSPS) is 10.5. The Labute approximate surface area is 195 Å². The van der Waals surface area contributed by atoms with Gasteiger partial charge in [-0.15, -0.1) is 11.3 Å². The largest absolute Gasteiger partial charge is 0.457 e. The fraction of sp³-hybridized carbons (Fsp3) is 0.120. The number of ether oxygens (including phenoxy) is 1. The summed E-state index contributed by atoms with van der Waals surface area (Å²) in [5.74, 6) is 0.687. The minimum Gasteiger partial charge on any atom is -0.457 e. The molecule has 2 aromatic heterocycles. The summed E-state index contributed by atoms with van der Waals surface area (Å²) in [6.45, 7) is 0.469. The van der Waals surface area contributed by atoms with Gasteiger partial charge in [0.2, 0.25) is 0 Å². The van der Waals surface area contributed by atoms with Gasteiger partial charge in [-0.05, 0) is 30.2 Å². The second kappa shape index (κ2) is 10.5. The molecule has 2 heterocycles. The van der Waals surface area contributed by atoms with E-state index >= 15 is 0 Å². The molecule has 0 fully saturated rings. The van der Waals surface area contributed by atoms with Crippen LogP contribution in [0.25, 0.3) is 10.6 Å². The highest BCUT2D eigenvalue weighted by Gasteiger charge is 2.12. The van der Waals surface area contributed by atoms with E-state index in [1.165, 1.54) is 17.5 Å². The molecule has 2 aromatic carbocycles. The van der Waals surface area contributed by atoms with Crippen molar-refractivity contribution in [1.29, 1.82) is 0 Å². The summed E-state index contributed by atoms with van der Waals surface area (Å²) in [5.41, 5.74) is 2.71. The Balaban J connectivity index is 1.33.